The molecule has 0 spiro atoms. The highest BCUT2D eigenvalue weighted by molar-refractivity contribution is 6.18. The molecule has 0 saturated carbocycles. The van der Waals surface area contributed by atoms with E-state index in [1.807, 2.05) is 6.07 Å². The molecule has 2 heterocycles. The Kier molecular flexibility index (Phi) is 3.96. The van der Waals surface area contributed by atoms with E-state index < -0.39 is 0 Å². The minimum Gasteiger partial charge on any atom is -0.493 e. The molecular weight excluding hydrogens is 262 g/mol. The van der Waals surface area contributed by atoms with Gasteiger partial charge in [0.1, 0.15) is 5.75 Å². The Bertz CT molecular complexity index is 440. The molecule has 1 saturated heterocycles. The third-order valence-corrected chi connectivity index (χ3v) is 4.40. The number of fused-ring (bicyclic) bond motifs is 1. The minimum absolute atomic E-state index is 0.162. The molecule has 1 aromatic carbocycles. The molecule has 2 aliphatic rings. The summed E-state index contributed by atoms with van der Waals surface area (Å²) in [6.45, 7) is 5.71. The Morgan fingerprint density at radius 1 is 1.32 bits per heavy atom. The van der Waals surface area contributed by atoms with Crippen molar-refractivity contribution >= 4 is 11.6 Å². The second-order valence-electron chi connectivity index (χ2n) is 5.46. The number of alkyl halides is 1. The van der Waals surface area contributed by atoms with Crippen molar-refractivity contribution in [1.29, 1.82) is 0 Å². The fourth-order valence-electron chi connectivity index (χ4n) is 2.89. The predicted molar refractivity (Wildman–Crippen MR) is 76.2 cm³/mol. The van der Waals surface area contributed by atoms with E-state index in [9.17, 15) is 0 Å². The molecule has 2 aliphatic heterocycles. The zero-order valence-electron chi connectivity index (χ0n) is 11.2. The number of hydrogen-bond acceptors (Lipinski definition) is 3. The molecule has 1 aromatic rings. The summed E-state index contributed by atoms with van der Waals surface area (Å²) >= 11 is 5.91. The molecule has 0 N–H and O–H groups in total. The van der Waals surface area contributed by atoms with Gasteiger partial charge in [-0.25, -0.2) is 0 Å². The van der Waals surface area contributed by atoms with Crippen LogP contribution in [0.2, 0.25) is 0 Å². The van der Waals surface area contributed by atoms with Crippen molar-refractivity contribution in [2.75, 3.05) is 32.2 Å². The van der Waals surface area contributed by atoms with Gasteiger partial charge in [-0.05, 0) is 13.0 Å². The van der Waals surface area contributed by atoms with Crippen molar-refractivity contribution in [2.45, 2.75) is 25.0 Å². The first-order valence-corrected chi connectivity index (χ1v) is 7.44. The van der Waals surface area contributed by atoms with Crippen molar-refractivity contribution in [2.24, 2.45) is 0 Å². The van der Waals surface area contributed by atoms with Gasteiger partial charge in [0.2, 0.25) is 0 Å². The second-order valence-corrected chi connectivity index (χ2v) is 5.77. The van der Waals surface area contributed by atoms with Crippen molar-refractivity contribution < 1.29 is 9.47 Å². The van der Waals surface area contributed by atoms with Crippen LogP contribution in [0.4, 0.5) is 0 Å². The third kappa shape index (κ3) is 2.73. The molecule has 4 heteroatoms. The topological polar surface area (TPSA) is 21.7 Å². The number of halogens is 1. The van der Waals surface area contributed by atoms with Crippen LogP contribution in [0.3, 0.4) is 0 Å². The summed E-state index contributed by atoms with van der Waals surface area (Å²) in [5.41, 5.74) is 1.34. The van der Waals surface area contributed by atoms with E-state index in [0.29, 0.717) is 17.8 Å². The van der Waals surface area contributed by atoms with Gasteiger partial charge in [0.15, 0.2) is 0 Å². The van der Waals surface area contributed by atoms with Crippen LogP contribution in [0, 0.1) is 0 Å². The number of nitrogens with zero attached hydrogens (tertiary/aromatic N) is 1. The quantitative estimate of drug-likeness (QED) is 0.795. The number of ether oxygens (including phenoxy) is 2. The Balaban J connectivity index is 1.68. The molecule has 3 unspecified atom stereocenters. The van der Waals surface area contributed by atoms with Crippen molar-refractivity contribution in [1.82, 2.24) is 4.90 Å². The zero-order chi connectivity index (χ0) is 13.2. The number of benzene rings is 1. The molecule has 3 atom stereocenters. The first-order valence-electron chi connectivity index (χ1n) is 6.91. The predicted octanol–water partition coefficient (Wildman–Crippen LogP) is 2.49. The lowest BCUT2D eigenvalue weighted by Gasteiger charge is -2.38. The lowest BCUT2D eigenvalue weighted by molar-refractivity contribution is -0.0499. The van der Waals surface area contributed by atoms with Crippen LogP contribution in [0.5, 0.6) is 5.75 Å². The molecule has 0 aliphatic carbocycles. The normalized spacial score (nSPS) is 30.9. The van der Waals surface area contributed by atoms with E-state index in [-0.39, 0.29) is 6.10 Å². The van der Waals surface area contributed by atoms with Crippen LogP contribution < -0.4 is 4.74 Å². The first kappa shape index (κ1) is 13.2. The molecule has 1 fully saturated rings. The summed E-state index contributed by atoms with van der Waals surface area (Å²) in [4.78, 5) is 2.48. The largest absolute Gasteiger partial charge is 0.493 e. The molecule has 19 heavy (non-hydrogen) atoms. The van der Waals surface area contributed by atoms with Gasteiger partial charge >= 0.3 is 0 Å². The first-order chi connectivity index (χ1) is 9.28. The molecule has 0 amide bonds. The van der Waals surface area contributed by atoms with E-state index in [1.165, 1.54) is 5.56 Å². The van der Waals surface area contributed by atoms with E-state index in [0.717, 1.165) is 32.1 Å². The Morgan fingerprint density at radius 3 is 3.00 bits per heavy atom. The van der Waals surface area contributed by atoms with Crippen molar-refractivity contribution in [3.05, 3.63) is 29.8 Å². The highest BCUT2D eigenvalue weighted by Crippen LogP contribution is 2.34. The van der Waals surface area contributed by atoms with Gasteiger partial charge in [0, 0.05) is 36.5 Å². The lowest BCUT2D eigenvalue weighted by Crippen LogP contribution is -2.50. The van der Waals surface area contributed by atoms with Gasteiger partial charge < -0.3 is 9.47 Å². The SMILES string of the molecule is CC1COC(CCl)CN1CC1COc2ccccc21. The number of hydrogen-bond donors (Lipinski definition) is 0. The van der Waals surface area contributed by atoms with Crippen molar-refractivity contribution in [3.63, 3.8) is 0 Å². The maximum atomic E-state index is 5.91. The van der Waals surface area contributed by atoms with Gasteiger partial charge in [0.25, 0.3) is 0 Å². The van der Waals surface area contributed by atoms with Gasteiger partial charge in [-0.15, -0.1) is 11.6 Å². The van der Waals surface area contributed by atoms with Crippen molar-refractivity contribution in [3.8, 4) is 5.75 Å². The monoisotopic (exact) mass is 281 g/mol. The van der Waals surface area contributed by atoms with Gasteiger partial charge in [-0.1, -0.05) is 18.2 Å². The van der Waals surface area contributed by atoms with Gasteiger partial charge in [-0.2, -0.15) is 0 Å². The standard InChI is InChI=1S/C15H20ClNO2/c1-11-9-18-13(6-16)8-17(11)7-12-10-19-15-5-3-2-4-14(12)15/h2-5,11-13H,6-10H2,1H3. The highest BCUT2D eigenvalue weighted by atomic mass is 35.5. The second kappa shape index (κ2) is 5.70. The van der Waals surface area contributed by atoms with Crippen LogP contribution >= 0.6 is 11.6 Å². The van der Waals surface area contributed by atoms with Crippen LogP contribution in [0.15, 0.2) is 24.3 Å². The molecule has 104 valence electrons. The van der Waals surface area contributed by atoms with Crippen LogP contribution in [0.25, 0.3) is 0 Å². The summed E-state index contributed by atoms with van der Waals surface area (Å²) in [6, 6.07) is 8.80. The van der Waals surface area contributed by atoms with Crippen LogP contribution in [0.1, 0.15) is 18.4 Å². The maximum Gasteiger partial charge on any atom is 0.122 e. The van der Waals surface area contributed by atoms with Crippen LogP contribution in [-0.2, 0) is 4.74 Å². The zero-order valence-corrected chi connectivity index (χ0v) is 12.0. The highest BCUT2D eigenvalue weighted by Gasteiger charge is 2.31. The fraction of sp³-hybridized carbons (Fsp3) is 0.600. The molecule has 0 bridgehead atoms. The van der Waals surface area contributed by atoms with Crippen LogP contribution in [-0.4, -0.2) is 49.2 Å². The van der Waals surface area contributed by atoms with Gasteiger partial charge in [0.05, 0.1) is 19.3 Å². The maximum absolute atomic E-state index is 5.91. The Hall–Kier alpha value is -0.770. The average molecular weight is 282 g/mol. The number of para-hydroxylation sites is 1. The molecule has 3 rings (SSSR count). The summed E-state index contributed by atoms with van der Waals surface area (Å²) in [6.07, 6.45) is 0.162. The summed E-state index contributed by atoms with van der Waals surface area (Å²) in [5, 5.41) is 0. The van der Waals surface area contributed by atoms with E-state index in [2.05, 4.69) is 30.0 Å². The molecular formula is C15H20ClNO2. The number of rotatable bonds is 3. The summed E-state index contributed by atoms with van der Waals surface area (Å²) < 4.78 is 11.5. The summed E-state index contributed by atoms with van der Waals surface area (Å²) in [7, 11) is 0. The average Bonchev–Trinajstić information content (AvgIpc) is 2.85. The van der Waals surface area contributed by atoms with E-state index in [1.54, 1.807) is 0 Å². The van der Waals surface area contributed by atoms with E-state index in [4.69, 9.17) is 21.1 Å². The van der Waals surface area contributed by atoms with Gasteiger partial charge in [-0.3, -0.25) is 4.90 Å². The Morgan fingerprint density at radius 2 is 2.16 bits per heavy atom. The Labute approximate surface area is 119 Å². The molecule has 3 nitrogen and oxygen atoms in total. The molecule has 0 radical (unpaired) electrons. The third-order valence-electron chi connectivity index (χ3n) is 4.06. The summed E-state index contributed by atoms with van der Waals surface area (Å²) in [5.74, 6) is 2.08. The smallest absolute Gasteiger partial charge is 0.122 e. The molecule has 0 aromatic heterocycles. The minimum atomic E-state index is 0.162. The lowest BCUT2D eigenvalue weighted by atomic mass is 9.99. The number of morpholine rings is 1. The fourth-order valence-corrected chi connectivity index (χ4v) is 3.07. The van der Waals surface area contributed by atoms with E-state index >= 15 is 0 Å².